The van der Waals surface area contributed by atoms with Crippen molar-refractivity contribution in [3.8, 4) is 11.5 Å². The lowest BCUT2D eigenvalue weighted by molar-refractivity contribution is -0.163. The highest BCUT2D eigenvalue weighted by molar-refractivity contribution is 5.99. The second-order valence-electron chi connectivity index (χ2n) is 11.5. The number of ether oxygens (including phenoxy) is 1. The summed E-state index contributed by atoms with van der Waals surface area (Å²) >= 11 is 0. The normalized spacial score (nSPS) is 13.2. The third-order valence-electron chi connectivity index (χ3n) is 7.73. The van der Waals surface area contributed by atoms with Crippen molar-refractivity contribution in [1.29, 1.82) is 0 Å². The van der Waals surface area contributed by atoms with Gasteiger partial charge in [0.2, 0.25) is 0 Å². The molecule has 2 aromatic carbocycles. The predicted molar refractivity (Wildman–Crippen MR) is 153 cm³/mol. The Morgan fingerprint density at radius 1 is 0.927 bits per heavy atom. The summed E-state index contributed by atoms with van der Waals surface area (Å²) in [5, 5.41) is 14.4. The summed E-state index contributed by atoms with van der Waals surface area (Å²) in [6, 6.07) is 9.38. The molecule has 0 saturated carbocycles. The van der Waals surface area contributed by atoms with Crippen LogP contribution in [0.4, 0.5) is 28.9 Å². The Morgan fingerprint density at radius 3 is 2.10 bits per heavy atom. The van der Waals surface area contributed by atoms with Gasteiger partial charge in [0.05, 0.1) is 5.69 Å². The van der Waals surface area contributed by atoms with Crippen molar-refractivity contribution in [2.75, 3.05) is 10.6 Å². The van der Waals surface area contributed by atoms with E-state index in [9.17, 15) is 32.3 Å². The van der Waals surface area contributed by atoms with Crippen LogP contribution >= 0.6 is 0 Å². The predicted octanol–water partition coefficient (Wildman–Crippen LogP) is 8.18. The van der Waals surface area contributed by atoms with E-state index in [2.05, 4.69) is 52.9 Å². The van der Waals surface area contributed by atoms with Crippen LogP contribution in [0.1, 0.15) is 91.7 Å². The molecule has 0 aliphatic carbocycles. The van der Waals surface area contributed by atoms with Crippen molar-refractivity contribution in [2.45, 2.75) is 110 Å². The van der Waals surface area contributed by atoms with Crippen LogP contribution in [0, 0.1) is 0 Å². The maximum Gasteiger partial charge on any atom is 0.383 e. The van der Waals surface area contributed by atoms with E-state index in [0.29, 0.717) is 18.6 Å². The number of halogens is 4. The zero-order valence-electron chi connectivity index (χ0n) is 24.8. The van der Waals surface area contributed by atoms with Crippen LogP contribution in [0.3, 0.4) is 0 Å². The minimum Gasteiger partial charge on any atom is -0.506 e. The van der Waals surface area contributed by atoms with Crippen LogP contribution in [0.15, 0.2) is 36.4 Å². The smallest absolute Gasteiger partial charge is 0.383 e. The lowest BCUT2D eigenvalue weighted by Crippen LogP contribution is -2.41. The average molecular weight is 583 g/mol. The highest BCUT2D eigenvalue weighted by Gasteiger charge is 2.49. The van der Waals surface area contributed by atoms with E-state index in [1.54, 1.807) is 5.32 Å². The van der Waals surface area contributed by atoms with Gasteiger partial charge in [0.25, 0.3) is 5.91 Å². The van der Waals surface area contributed by atoms with Gasteiger partial charge in [-0.2, -0.15) is 8.78 Å². The summed E-state index contributed by atoms with van der Waals surface area (Å²) in [7, 11) is 0. The molecule has 10 heteroatoms. The third kappa shape index (κ3) is 8.36. The van der Waals surface area contributed by atoms with Crippen molar-refractivity contribution in [3.05, 3.63) is 47.5 Å². The van der Waals surface area contributed by atoms with Gasteiger partial charge in [-0.3, -0.25) is 9.59 Å². The molecular weight excluding hydrogens is 540 g/mol. The number of anilines is 2. The number of alkyl halides is 4. The molecule has 0 aliphatic heterocycles. The Balaban J connectivity index is 2.33. The summed E-state index contributed by atoms with van der Waals surface area (Å²) in [6.07, 6.45) is -1.35. The minimum absolute atomic E-state index is 0.0426. The molecule has 1 unspecified atom stereocenters. The molecule has 2 aromatic rings. The van der Waals surface area contributed by atoms with Crippen LogP contribution in [-0.4, -0.2) is 35.4 Å². The van der Waals surface area contributed by atoms with Crippen molar-refractivity contribution in [2.24, 2.45) is 0 Å². The topological polar surface area (TPSA) is 87.7 Å². The average Bonchev–Trinajstić information content (AvgIpc) is 2.92. The van der Waals surface area contributed by atoms with Gasteiger partial charge in [-0.1, -0.05) is 67.0 Å². The van der Waals surface area contributed by atoms with Gasteiger partial charge in [-0.05, 0) is 60.3 Å². The lowest BCUT2D eigenvalue weighted by Gasteiger charge is -2.31. The van der Waals surface area contributed by atoms with Crippen molar-refractivity contribution in [1.82, 2.24) is 0 Å². The molecule has 41 heavy (non-hydrogen) atoms. The molecular formula is C31H42F4N2O4. The van der Waals surface area contributed by atoms with E-state index in [4.69, 9.17) is 4.74 Å². The van der Waals surface area contributed by atoms with Gasteiger partial charge in [0.15, 0.2) is 6.10 Å². The number of hydrogen-bond acceptors (Lipinski definition) is 4. The molecule has 0 fully saturated rings. The molecule has 0 radical (unpaired) electrons. The molecule has 228 valence electrons. The number of hydrogen-bond donors (Lipinski definition) is 3. The Hall–Kier alpha value is -3.30. The molecule has 1 atom stereocenters. The van der Waals surface area contributed by atoms with Gasteiger partial charge in [-0.15, -0.1) is 0 Å². The molecule has 0 spiro atoms. The van der Waals surface area contributed by atoms with Crippen LogP contribution < -0.4 is 15.4 Å². The molecule has 2 amide bonds. The van der Waals surface area contributed by atoms with E-state index in [1.807, 2.05) is 19.1 Å². The molecule has 0 heterocycles. The third-order valence-corrected chi connectivity index (χ3v) is 7.73. The fraction of sp³-hybridized carbons (Fsp3) is 0.548. The molecule has 0 aliphatic rings. The van der Waals surface area contributed by atoms with Crippen LogP contribution in [0.2, 0.25) is 0 Å². The van der Waals surface area contributed by atoms with Crippen molar-refractivity contribution in [3.63, 3.8) is 0 Å². The molecule has 0 bridgehead atoms. The monoisotopic (exact) mass is 582 g/mol. The second-order valence-corrected chi connectivity index (χ2v) is 11.5. The Kier molecular flexibility index (Phi) is 11.2. The number of rotatable bonds is 14. The SMILES string of the molecule is CCCCC(Oc1ccc(C(C)(C)CC)cc1C(C)(C)CC)C(=O)Nc1ccc(NC(=O)C(F)(F)C(F)F)c(O)c1. The van der Waals surface area contributed by atoms with Crippen LogP contribution in [-0.2, 0) is 20.4 Å². The van der Waals surface area contributed by atoms with E-state index in [0.717, 1.165) is 37.0 Å². The van der Waals surface area contributed by atoms with Gasteiger partial charge in [-0.25, -0.2) is 8.78 Å². The van der Waals surface area contributed by atoms with E-state index in [1.165, 1.54) is 11.6 Å². The lowest BCUT2D eigenvalue weighted by atomic mass is 9.76. The van der Waals surface area contributed by atoms with E-state index >= 15 is 0 Å². The second kappa shape index (κ2) is 13.6. The number of nitrogens with one attached hydrogen (secondary N) is 2. The molecule has 6 nitrogen and oxygen atoms in total. The Morgan fingerprint density at radius 2 is 1.56 bits per heavy atom. The van der Waals surface area contributed by atoms with Crippen molar-refractivity contribution < 1.29 is 37.0 Å². The molecule has 3 N–H and O–H groups in total. The van der Waals surface area contributed by atoms with E-state index < -0.39 is 41.7 Å². The minimum atomic E-state index is -4.93. The summed E-state index contributed by atoms with van der Waals surface area (Å²) in [5.41, 5.74) is 1.49. The number of amides is 2. The number of phenolic OH excluding ortho intramolecular Hbond substituents is 1. The zero-order valence-corrected chi connectivity index (χ0v) is 24.8. The first-order valence-electron chi connectivity index (χ1n) is 13.9. The largest absolute Gasteiger partial charge is 0.506 e. The number of phenols is 1. The van der Waals surface area contributed by atoms with Crippen LogP contribution in [0.25, 0.3) is 0 Å². The summed E-state index contributed by atoms with van der Waals surface area (Å²) in [4.78, 5) is 24.9. The highest BCUT2D eigenvalue weighted by atomic mass is 19.3. The first-order valence-corrected chi connectivity index (χ1v) is 13.9. The van der Waals surface area contributed by atoms with Crippen molar-refractivity contribution >= 4 is 23.2 Å². The standard InChI is InChI=1S/C31H42F4N2O4/c1-8-11-12-25(41-24-16-13-19(29(4,5)9-2)17-21(24)30(6,7)10-3)26(39)36-20-14-15-22(23(38)18-20)37-28(40)31(34,35)27(32)33/h13-18,25,27,38H,8-12H2,1-7H3,(H,36,39)(H,37,40). The summed E-state index contributed by atoms with van der Waals surface area (Å²) < 4.78 is 57.8. The molecule has 0 saturated heterocycles. The van der Waals surface area contributed by atoms with E-state index in [-0.39, 0.29) is 16.5 Å². The Labute approximate surface area is 239 Å². The maximum absolute atomic E-state index is 13.3. The zero-order chi connectivity index (χ0) is 31.2. The maximum atomic E-state index is 13.3. The Bertz CT molecular complexity index is 1210. The first kappa shape index (κ1) is 33.9. The molecule has 0 aromatic heterocycles. The summed E-state index contributed by atoms with van der Waals surface area (Å²) in [6.45, 7) is 14.8. The number of unbranched alkanes of at least 4 members (excludes halogenated alkanes) is 1. The molecule has 2 rings (SSSR count). The van der Waals surface area contributed by atoms with Gasteiger partial charge in [0, 0.05) is 17.3 Å². The van der Waals surface area contributed by atoms with Crippen LogP contribution in [0.5, 0.6) is 11.5 Å². The highest BCUT2D eigenvalue weighted by Crippen LogP contribution is 2.39. The van der Waals surface area contributed by atoms with Gasteiger partial charge < -0.3 is 20.5 Å². The number of aromatic hydroxyl groups is 1. The number of carbonyl (C=O) groups excluding carboxylic acids is 2. The number of carbonyl (C=O) groups is 2. The fourth-order valence-electron chi connectivity index (χ4n) is 4.01. The number of benzene rings is 2. The van der Waals surface area contributed by atoms with Gasteiger partial charge >= 0.3 is 18.3 Å². The van der Waals surface area contributed by atoms with Gasteiger partial charge in [0.1, 0.15) is 11.5 Å². The summed E-state index contributed by atoms with van der Waals surface area (Å²) in [5.74, 6) is -7.76. The fourth-order valence-corrected chi connectivity index (χ4v) is 4.01. The first-order chi connectivity index (χ1) is 19.0. The quantitative estimate of drug-likeness (QED) is 0.155.